The summed E-state index contributed by atoms with van der Waals surface area (Å²) in [6.07, 6.45) is 4.48. The molecule has 2 aliphatic carbocycles. The maximum Gasteiger partial charge on any atom is 0.0465 e. The molecule has 2 nitrogen and oxygen atoms in total. The fourth-order valence-corrected chi connectivity index (χ4v) is 10.2. The maximum absolute atomic E-state index is 2.45. The Labute approximate surface area is 378 Å². The summed E-state index contributed by atoms with van der Waals surface area (Å²) in [6.45, 7) is 9.49. The van der Waals surface area contributed by atoms with Gasteiger partial charge >= 0.3 is 0 Å². The highest BCUT2D eigenvalue weighted by Crippen LogP contribution is 2.53. The molecule has 0 bridgehead atoms. The number of anilines is 6. The molecular weight excluding hydrogens is 773 g/mol. The zero-order valence-electron chi connectivity index (χ0n) is 36.8. The van der Waals surface area contributed by atoms with Gasteiger partial charge in [-0.2, -0.15) is 0 Å². The number of para-hydroxylation sites is 2. The summed E-state index contributed by atoms with van der Waals surface area (Å²) >= 11 is 0. The Morgan fingerprint density at radius 1 is 0.281 bits per heavy atom. The Kier molecular flexibility index (Phi) is 9.55. The quantitative estimate of drug-likeness (QED) is 0.134. The van der Waals surface area contributed by atoms with Crippen LogP contribution in [0.25, 0.3) is 45.5 Å². The average molecular weight is 823 g/mol. The zero-order chi connectivity index (χ0) is 43.4. The summed E-state index contributed by atoms with van der Waals surface area (Å²) in [5.74, 6) is 0. The first-order chi connectivity index (χ1) is 31.2. The Morgan fingerprint density at radius 2 is 0.641 bits per heavy atom. The SMILES string of the molecule is CC1(C)c2ccccc2-c2ccc(N(c3ccc(-c4ccccc4)cc3)c3ccc4c(c3)C(C)(C)c3cc(/C=C/c5ccc(N(c6ccccc6)c6ccccc6)cc5)ccc3-4)cc21. The van der Waals surface area contributed by atoms with Gasteiger partial charge in [-0.15, -0.1) is 0 Å². The van der Waals surface area contributed by atoms with Crippen LogP contribution >= 0.6 is 0 Å². The van der Waals surface area contributed by atoms with E-state index in [1.54, 1.807) is 0 Å². The number of benzene rings is 9. The second-order valence-electron chi connectivity index (χ2n) is 18.2. The minimum absolute atomic E-state index is 0.103. The lowest BCUT2D eigenvalue weighted by Gasteiger charge is -2.30. The highest BCUT2D eigenvalue weighted by atomic mass is 15.1. The lowest BCUT2D eigenvalue weighted by atomic mass is 9.81. The van der Waals surface area contributed by atoms with Gasteiger partial charge in [-0.1, -0.05) is 185 Å². The first-order valence-corrected chi connectivity index (χ1v) is 22.4. The molecule has 0 heterocycles. The molecule has 0 saturated heterocycles. The third-order valence-corrected chi connectivity index (χ3v) is 13.6. The molecule has 0 N–H and O–H groups in total. The van der Waals surface area contributed by atoms with E-state index in [2.05, 4.69) is 268 Å². The minimum Gasteiger partial charge on any atom is -0.311 e. The molecular formula is C62H50N2. The minimum atomic E-state index is -0.199. The van der Waals surface area contributed by atoms with Crippen LogP contribution in [-0.4, -0.2) is 0 Å². The van der Waals surface area contributed by atoms with Gasteiger partial charge in [-0.3, -0.25) is 0 Å². The van der Waals surface area contributed by atoms with Crippen molar-refractivity contribution in [1.29, 1.82) is 0 Å². The molecule has 0 radical (unpaired) electrons. The first-order valence-electron chi connectivity index (χ1n) is 22.4. The van der Waals surface area contributed by atoms with Crippen LogP contribution in [0.2, 0.25) is 0 Å². The molecule has 0 aliphatic heterocycles. The molecule has 0 saturated carbocycles. The van der Waals surface area contributed by atoms with Crippen LogP contribution in [0.5, 0.6) is 0 Å². The molecule has 9 aromatic rings. The van der Waals surface area contributed by atoms with Gasteiger partial charge in [-0.05, 0) is 140 Å². The lowest BCUT2D eigenvalue weighted by molar-refractivity contribution is 0.660. The summed E-state index contributed by atoms with van der Waals surface area (Å²) in [7, 11) is 0. The van der Waals surface area contributed by atoms with Crippen LogP contribution in [-0.2, 0) is 10.8 Å². The monoisotopic (exact) mass is 822 g/mol. The Morgan fingerprint density at radius 3 is 1.22 bits per heavy atom. The smallest absolute Gasteiger partial charge is 0.0465 e. The number of fused-ring (bicyclic) bond motifs is 6. The van der Waals surface area contributed by atoms with E-state index in [0.29, 0.717) is 0 Å². The number of nitrogens with zero attached hydrogens (tertiary/aromatic N) is 2. The third kappa shape index (κ3) is 6.74. The largest absolute Gasteiger partial charge is 0.311 e. The second-order valence-corrected chi connectivity index (χ2v) is 18.2. The van der Waals surface area contributed by atoms with Crippen molar-refractivity contribution in [2.24, 2.45) is 0 Å². The van der Waals surface area contributed by atoms with E-state index in [-0.39, 0.29) is 10.8 Å². The molecule has 2 aliphatic rings. The van der Waals surface area contributed by atoms with E-state index < -0.39 is 0 Å². The topological polar surface area (TPSA) is 6.48 Å². The van der Waals surface area contributed by atoms with E-state index in [1.165, 1.54) is 61.2 Å². The zero-order valence-corrected chi connectivity index (χ0v) is 36.8. The summed E-state index contributed by atoms with van der Waals surface area (Å²) in [6, 6.07) is 79.7. The fraction of sp³-hybridized carbons (Fsp3) is 0.0968. The van der Waals surface area contributed by atoms with Crippen molar-refractivity contribution in [3.63, 3.8) is 0 Å². The molecule has 308 valence electrons. The number of hydrogen-bond donors (Lipinski definition) is 0. The Hall–Kier alpha value is -7.68. The van der Waals surface area contributed by atoms with Gasteiger partial charge in [0.2, 0.25) is 0 Å². The van der Waals surface area contributed by atoms with E-state index >= 15 is 0 Å². The van der Waals surface area contributed by atoms with Gasteiger partial charge < -0.3 is 9.80 Å². The lowest BCUT2D eigenvalue weighted by Crippen LogP contribution is -2.18. The van der Waals surface area contributed by atoms with Crippen molar-refractivity contribution in [2.75, 3.05) is 9.80 Å². The van der Waals surface area contributed by atoms with Crippen molar-refractivity contribution in [2.45, 2.75) is 38.5 Å². The van der Waals surface area contributed by atoms with Gasteiger partial charge in [0.1, 0.15) is 0 Å². The molecule has 9 aromatic carbocycles. The van der Waals surface area contributed by atoms with Crippen LogP contribution in [0.4, 0.5) is 34.1 Å². The predicted molar refractivity (Wildman–Crippen MR) is 272 cm³/mol. The second kappa shape index (κ2) is 15.6. The molecule has 64 heavy (non-hydrogen) atoms. The van der Waals surface area contributed by atoms with Crippen LogP contribution in [0.1, 0.15) is 61.1 Å². The summed E-state index contributed by atoms with van der Waals surface area (Å²) in [5.41, 5.74) is 22.1. The van der Waals surface area contributed by atoms with Gasteiger partial charge in [0.25, 0.3) is 0 Å². The van der Waals surface area contributed by atoms with Crippen LogP contribution in [0, 0.1) is 0 Å². The first kappa shape index (κ1) is 39.2. The van der Waals surface area contributed by atoms with E-state index in [1.807, 2.05) is 0 Å². The molecule has 0 fully saturated rings. The predicted octanol–water partition coefficient (Wildman–Crippen LogP) is 17.1. The molecule has 2 heteroatoms. The Balaban J connectivity index is 0.919. The van der Waals surface area contributed by atoms with E-state index in [9.17, 15) is 0 Å². The summed E-state index contributed by atoms with van der Waals surface area (Å²) in [5, 5.41) is 0. The summed E-state index contributed by atoms with van der Waals surface area (Å²) in [4.78, 5) is 4.75. The normalized spacial score (nSPS) is 13.8. The molecule has 0 amide bonds. The van der Waals surface area contributed by atoms with Crippen LogP contribution in [0.15, 0.2) is 218 Å². The van der Waals surface area contributed by atoms with E-state index in [4.69, 9.17) is 0 Å². The van der Waals surface area contributed by atoms with Gasteiger partial charge in [0.05, 0.1) is 0 Å². The molecule has 0 unspecified atom stereocenters. The number of rotatable bonds is 9. The maximum atomic E-state index is 2.45. The van der Waals surface area contributed by atoms with Crippen LogP contribution < -0.4 is 9.80 Å². The highest BCUT2D eigenvalue weighted by Gasteiger charge is 2.38. The molecule has 11 rings (SSSR count). The van der Waals surface area contributed by atoms with Crippen molar-refractivity contribution in [3.05, 3.63) is 252 Å². The standard InChI is InChI=1S/C62H50N2/c1-61(2)57-23-15-14-22-53(57)55-38-35-51(41-59(55)61)64(50-33-29-46(30-34-50)45-16-8-5-9-17-45)52-36-39-56-54-37-28-44(40-58(54)62(3,4)60(56)42-52)25-24-43-26-31-49(32-27-43)63(47-18-10-6-11-19-47)48-20-12-7-13-21-48/h5-42H,1-4H3/b25-24+. The van der Waals surface area contributed by atoms with Gasteiger partial charge in [0.15, 0.2) is 0 Å². The van der Waals surface area contributed by atoms with Gasteiger partial charge in [-0.25, -0.2) is 0 Å². The van der Waals surface area contributed by atoms with Gasteiger partial charge in [0, 0.05) is 45.0 Å². The summed E-state index contributed by atoms with van der Waals surface area (Å²) < 4.78 is 0. The Bertz CT molecular complexity index is 3140. The molecule has 0 spiro atoms. The van der Waals surface area contributed by atoms with Crippen molar-refractivity contribution in [3.8, 4) is 33.4 Å². The third-order valence-electron chi connectivity index (χ3n) is 13.6. The molecule has 0 atom stereocenters. The van der Waals surface area contributed by atoms with Crippen molar-refractivity contribution in [1.82, 2.24) is 0 Å². The number of hydrogen-bond acceptors (Lipinski definition) is 2. The van der Waals surface area contributed by atoms with Crippen molar-refractivity contribution >= 4 is 46.3 Å². The highest BCUT2D eigenvalue weighted by molar-refractivity contribution is 5.89. The van der Waals surface area contributed by atoms with Crippen LogP contribution in [0.3, 0.4) is 0 Å². The average Bonchev–Trinajstić information content (AvgIpc) is 3.71. The fourth-order valence-electron chi connectivity index (χ4n) is 10.2. The van der Waals surface area contributed by atoms with E-state index in [0.717, 1.165) is 39.7 Å². The van der Waals surface area contributed by atoms with Crippen molar-refractivity contribution < 1.29 is 0 Å². The molecule has 0 aromatic heterocycles.